The normalized spacial score (nSPS) is 43.1. The van der Waals surface area contributed by atoms with Crippen LogP contribution in [0.1, 0.15) is 26.7 Å². The summed E-state index contributed by atoms with van der Waals surface area (Å²) in [5, 5.41) is 0. The number of rotatable bonds is 2. The van der Waals surface area contributed by atoms with Gasteiger partial charge in [-0.2, -0.15) is 0 Å². The van der Waals surface area contributed by atoms with Gasteiger partial charge in [-0.3, -0.25) is 4.90 Å². The molecule has 3 fully saturated rings. The average Bonchev–Trinajstić information content (AvgIpc) is 2.35. The third-order valence-electron chi connectivity index (χ3n) is 3.34. The Kier molecular flexibility index (Phi) is 1.69. The van der Waals surface area contributed by atoms with Gasteiger partial charge in [0.15, 0.2) is 0 Å². The Hall–Kier alpha value is -0.0800. The minimum atomic E-state index is 0.695. The van der Waals surface area contributed by atoms with Gasteiger partial charge >= 0.3 is 0 Å². The van der Waals surface area contributed by atoms with Crippen LogP contribution in [0, 0.1) is 5.92 Å². The van der Waals surface area contributed by atoms with E-state index in [1.807, 2.05) is 0 Å². The summed E-state index contributed by atoms with van der Waals surface area (Å²) in [5.41, 5.74) is 5.74. The second-order valence-electron chi connectivity index (χ2n) is 4.23. The Morgan fingerprint density at radius 2 is 2.09 bits per heavy atom. The summed E-state index contributed by atoms with van der Waals surface area (Å²) in [6.45, 7) is 5.42. The van der Waals surface area contributed by atoms with E-state index in [4.69, 9.17) is 5.73 Å². The molecule has 2 bridgehead atoms. The molecular weight excluding hydrogens is 136 g/mol. The summed E-state index contributed by atoms with van der Waals surface area (Å²) in [4.78, 5) is 2.62. The smallest absolute Gasteiger partial charge is 0.0253 e. The third kappa shape index (κ3) is 0.926. The maximum absolute atomic E-state index is 5.74. The molecule has 2 N–H and O–H groups in total. The Morgan fingerprint density at radius 3 is 2.45 bits per heavy atom. The van der Waals surface area contributed by atoms with Gasteiger partial charge < -0.3 is 5.73 Å². The van der Waals surface area contributed by atoms with Gasteiger partial charge in [0.1, 0.15) is 0 Å². The SMILES string of the molecule is CC(C)N1C2CC(C2)C1CN. The monoisotopic (exact) mass is 154 g/mol. The van der Waals surface area contributed by atoms with E-state index < -0.39 is 0 Å². The average molecular weight is 154 g/mol. The summed E-state index contributed by atoms with van der Waals surface area (Å²) in [6.07, 6.45) is 2.83. The van der Waals surface area contributed by atoms with Gasteiger partial charge in [-0.25, -0.2) is 0 Å². The van der Waals surface area contributed by atoms with E-state index in [1.165, 1.54) is 12.8 Å². The van der Waals surface area contributed by atoms with Crippen LogP contribution in [0.5, 0.6) is 0 Å². The van der Waals surface area contributed by atoms with Crippen molar-refractivity contribution in [1.29, 1.82) is 0 Å². The van der Waals surface area contributed by atoms with Crippen LogP contribution >= 0.6 is 0 Å². The van der Waals surface area contributed by atoms with Gasteiger partial charge in [0.05, 0.1) is 0 Å². The molecule has 3 aliphatic rings. The number of hydrogen-bond acceptors (Lipinski definition) is 2. The molecule has 11 heavy (non-hydrogen) atoms. The maximum atomic E-state index is 5.74. The van der Waals surface area contributed by atoms with Gasteiger partial charge in [-0.05, 0) is 32.6 Å². The van der Waals surface area contributed by atoms with Crippen LogP contribution in [-0.4, -0.2) is 29.6 Å². The molecular formula is C9H18N2. The molecule has 2 aliphatic heterocycles. The molecule has 2 saturated heterocycles. The molecule has 1 aliphatic carbocycles. The molecule has 1 atom stereocenters. The van der Waals surface area contributed by atoms with Crippen LogP contribution in [-0.2, 0) is 0 Å². The van der Waals surface area contributed by atoms with Gasteiger partial charge in [-0.15, -0.1) is 0 Å². The zero-order chi connectivity index (χ0) is 8.01. The van der Waals surface area contributed by atoms with Crippen molar-refractivity contribution in [2.75, 3.05) is 6.54 Å². The van der Waals surface area contributed by atoms with E-state index in [9.17, 15) is 0 Å². The van der Waals surface area contributed by atoms with E-state index in [0.29, 0.717) is 12.1 Å². The molecule has 1 unspecified atom stereocenters. The lowest BCUT2D eigenvalue weighted by Crippen LogP contribution is -2.40. The van der Waals surface area contributed by atoms with Crippen molar-refractivity contribution in [1.82, 2.24) is 4.90 Å². The molecule has 0 aromatic carbocycles. The Morgan fingerprint density at radius 1 is 1.45 bits per heavy atom. The molecule has 0 aromatic heterocycles. The fourth-order valence-corrected chi connectivity index (χ4v) is 2.82. The van der Waals surface area contributed by atoms with Crippen molar-refractivity contribution in [3.8, 4) is 0 Å². The number of fused-ring (bicyclic) bond motifs is 1. The van der Waals surface area contributed by atoms with Crippen LogP contribution in [0.15, 0.2) is 0 Å². The number of nitrogens with zero attached hydrogens (tertiary/aromatic N) is 1. The quantitative estimate of drug-likeness (QED) is 0.638. The van der Waals surface area contributed by atoms with E-state index in [1.54, 1.807) is 0 Å². The predicted molar refractivity (Wildman–Crippen MR) is 46.3 cm³/mol. The van der Waals surface area contributed by atoms with E-state index >= 15 is 0 Å². The molecule has 2 heteroatoms. The first-order valence-corrected chi connectivity index (χ1v) is 4.71. The summed E-state index contributed by atoms with van der Waals surface area (Å²) in [7, 11) is 0. The zero-order valence-corrected chi connectivity index (χ0v) is 7.46. The van der Waals surface area contributed by atoms with Crippen LogP contribution in [0.2, 0.25) is 0 Å². The van der Waals surface area contributed by atoms with E-state index in [0.717, 1.165) is 18.5 Å². The highest BCUT2D eigenvalue weighted by Crippen LogP contribution is 2.46. The lowest BCUT2D eigenvalue weighted by atomic mass is 9.83. The largest absolute Gasteiger partial charge is 0.329 e. The van der Waals surface area contributed by atoms with Gasteiger partial charge in [-0.1, -0.05) is 0 Å². The van der Waals surface area contributed by atoms with Crippen molar-refractivity contribution >= 4 is 0 Å². The minimum absolute atomic E-state index is 0.695. The van der Waals surface area contributed by atoms with E-state index in [-0.39, 0.29) is 0 Å². The first kappa shape index (κ1) is 7.56. The molecule has 0 radical (unpaired) electrons. The topological polar surface area (TPSA) is 29.3 Å². The number of hydrogen-bond donors (Lipinski definition) is 1. The molecule has 1 saturated carbocycles. The standard InChI is InChI=1S/C9H18N2/c1-6(2)11-8-3-7(4-8)9(11)5-10/h6-9H,3-5,10H2,1-2H3. The summed E-state index contributed by atoms with van der Waals surface area (Å²) < 4.78 is 0. The van der Waals surface area contributed by atoms with Crippen LogP contribution in [0.3, 0.4) is 0 Å². The van der Waals surface area contributed by atoms with Gasteiger partial charge in [0.2, 0.25) is 0 Å². The first-order chi connectivity index (χ1) is 5.24. The molecule has 3 rings (SSSR count). The fourth-order valence-electron chi connectivity index (χ4n) is 2.82. The number of nitrogens with two attached hydrogens (primary N) is 1. The highest BCUT2D eigenvalue weighted by Gasteiger charge is 2.50. The molecule has 64 valence electrons. The molecule has 2 nitrogen and oxygen atoms in total. The van der Waals surface area contributed by atoms with Crippen LogP contribution in [0.4, 0.5) is 0 Å². The summed E-state index contributed by atoms with van der Waals surface area (Å²) in [5.74, 6) is 0.937. The lowest BCUT2D eigenvalue weighted by molar-refractivity contribution is 0.178. The highest BCUT2D eigenvalue weighted by atomic mass is 15.3. The Bertz CT molecular complexity index is 150. The second kappa shape index (κ2) is 2.46. The van der Waals surface area contributed by atoms with E-state index in [2.05, 4.69) is 18.7 Å². The second-order valence-corrected chi connectivity index (χ2v) is 4.23. The molecule has 0 amide bonds. The Balaban J connectivity index is 2.07. The first-order valence-electron chi connectivity index (χ1n) is 4.71. The fraction of sp³-hybridized carbons (Fsp3) is 1.00. The summed E-state index contributed by atoms with van der Waals surface area (Å²) in [6, 6.07) is 2.29. The lowest BCUT2D eigenvalue weighted by Gasteiger charge is -2.29. The van der Waals surface area contributed by atoms with Crippen molar-refractivity contribution in [3.63, 3.8) is 0 Å². The predicted octanol–water partition coefficient (Wildman–Crippen LogP) is 0.816. The van der Waals surface area contributed by atoms with Crippen molar-refractivity contribution in [2.45, 2.75) is 44.8 Å². The maximum Gasteiger partial charge on any atom is 0.0253 e. The van der Waals surface area contributed by atoms with Gasteiger partial charge in [0.25, 0.3) is 0 Å². The molecule has 2 heterocycles. The van der Waals surface area contributed by atoms with Crippen molar-refractivity contribution < 1.29 is 0 Å². The minimum Gasteiger partial charge on any atom is -0.329 e. The van der Waals surface area contributed by atoms with Gasteiger partial charge in [0, 0.05) is 24.7 Å². The zero-order valence-electron chi connectivity index (χ0n) is 7.46. The van der Waals surface area contributed by atoms with Crippen molar-refractivity contribution in [3.05, 3.63) is 0 Å². The molecule has 0 aromatic rings. The molecule has 0 spiro atoms. The highest BCUT2D eigenvalue weighted by molar-refractivity contribution is 5.05. The third-order valence-corrected chi connectivity index (χ3v) is 3.34. The summed E-state index contributed by atoms with van der Waals surface area (Å²) >= 11 is 0. The van der Waals surface area contributed by atoms with Crippen molar-refractivity contribution in [2.24, 2.45) is 11.7 Å². The Labute approximate surface area is 68.7 Å². The van der Waals surface area contributed by atoms with Crippen LogP contribution in [0.25, 0.3) is 0 Å². The van der Waals surface area contributed by atoms with Crippen LogP contribution < -0.4 is 5.73 Å².